The number of carbonyl (C=O) groups excluding carboxylic acids is 1. The number of anilines is 3. The van der Waals surface area contributed by atoms with E-state index in [0.29, 0.717) is 24.1 Å². The molecule has 3 rings (SSSR count). The van der Waals surface area contributed by atoms with Crippen LogP contribution in [0.2, 0.25) is 0 Å². The highest BCUT2D eigenvalue weighted by molar-refractivity contribution is 6.04. The molecule has 5 heteroatoms. The Hall–Kier alpha value is -3.21. The van der Waals surface area contributed by atoms with E-state index < -0.39 is 0 Å². The third-order valence-electron chi connectivity index (χ3n) is 4.67. The molecule has 5 nitrogen and oxygen atoms in total. The Morgan fingerprint density at radius 2 is 1.82 bits per heavy atom. The standard InChI is InChI=1S/C23H26N4O/c1-5-27(18-11-7-6-8-12-18)22(28)20-14-15-24-23(25-20)26-21-17(4)10-9-13-19(21)16(2)3/h6-16H,5H2,1-4H3,(H,24,25,26). The molecule has 1 amide bonds. The lowest BCUT2D eigenvalue weighted by atomic mass is 9.98. The Morgan fingerprint density at radius 3 is 2.50 bits per heavy atom. The SMILES string of the molecule is CCN(C(=O)c1ccnc(Nc2c(C)cccc2C(C)C)n1)c1ccccc1. The molecule has 0 bridgehead atoms. The van der Waals surface area contributed by atoms with Gasteiger partial charge in [0.05, 0.1) is 0 Å². The Balaban J connectivity index is 1.90. The predicted molar refractivity (Wildman–Crippen MR) is 114 cm³/mol. The van der Waals surface area contributed by atoms with Crippen LogP contribution in [0.4, 0.5) is 17.3 Å². The zero-order valence-corrected chi connectivity index (χ0v) is 16.8. The Labute approximate surface area is 166 Å². The van der Waals surface area contributed by atoms with Gasteiger partial charge in [0.2, 0.25) is 5.95 Å². The third-order valence-corrected chi connectivity index (χ3v) is 4.67. The van der Waals surface area contributed by atoms with Crippen LogP contribution in [0, 0.1) is 6.92 Å². The first-order valence-corrected chi connectivity index (χ1v) is 9.57. The average Bonchev–Trinajstić information content (AvgIpc) is 2.71. The number of benzene rings is 2. The molecule has 0 fully saturated rings. The molecular weight excluding hydrogens is 348 g/mol. The van der Waals surface area contributed by atoms with Gasteiger partial charge in [-0.3, -0.25) is 4.79 Å². The van der Waals surface area contributed by atoms with Crippen LogP contribution in [0.5, 0.6) is 0 Å². The second kappa shape index (κ2) is 8.65. The third kappa shape index (κ3) is 4.19. The molecule has 0 saturated heterocycles. The van der Waals surface area contributed by atoms with E-state index in [1.165, 1.54) is 5.56 Å². The molecule has 0 spiro atoms. The van der Waals surface area contributed by atoms with Gasteiger partial charge in [-0.2, -0.15) is 0 Å². The number of para-hydroxylation sites is 2. The van der Waals surface area contributed by atoms with Gasteiger partial charge in [-0.25, -0.2) is 9.97 Å². The summed E-state index contributed by atoms with van der Waals surface area (Å²) >= 11 is 0. The molecule has 0 atom stereocenters. The van der Waals surface area contributed by atoms with Crippen LogP contribution in [-0.2, 0) is 0 Å². The molecule has 0 aliphatic carbocycles. The number of aryl methyl sites for hydroxylation is 1. The summed E-state index contributed by atoms with van der Waals surface area (Å²) in [6, 6.07) is 17.5. The van der Waals surface area contributed by atoms with E-state index in [2.05, 4.69) is 54.3 Å². The molecule has 28 heavy (non-hydrogen) atoms. The van der Waals surface area contributed by atoms with Gasteiger partial charge in [-0.05, 0) is 49.1 Å². The lowest BCUT2D eigenvalue weighted by Crippen LogP contribution is -2.31. The minimum Gasteiger partial charge on any atom is -0.324 e. The Bertz CT molecular complexity index is 954. The number of nitrogens with zero attached hydrogens (tertiary/aromatic N) is 3. The van der Waals surface area contributed by atoms with E-state index in [1.54, 1.807) is 17.2 Å². The van der Waals surface area contributed by atoms with Crippen molar-refractivity contribution in [2.45, 2.75) is 33.6 Å². The second-order valence-electron chi connectivity index (χ2n) is 6.97. The van der Waals surface area contributed by atoms with Gasteiger partial charge in [0.15, 0.2) is 0 Å². The van der Waals surface area contributed by atoms with E-state index in [4.69, 9.17) is 0 Å². The monoisotopic (exact) mass is 374 g/mol. The summed E-state index contributed by atoms with van der Waals surface area (Å²) in [5.41, 5.74) is 4.52. The fourth-order valence-corrected chi connectivity index (χ4v) is 3.18. The quantitative estimate of drug-likeness (QED) is 0.634. The van der Waals surface area contributed by atoms with Crippen LogP contribution in [-0.4, -0.2) is 22.4 Å². The van der Waals surface area contributed by atoms with Crippen molar-refractivity contribution in [3.8, 4) is 0 Å². The number of amides is 1. The van der Waals surface area contributed by atoms with E-state index in [-0.39, 0.29) is 5.91 Å². The topological polar surface area (TPSA) is 58.1 Å². The lowest BCUT2D eigenvalue weighted by Gasteiger charge is -2.21. The minimum absolute atomic E-state index is 0.145. The zero-order valence-electron chi connectivity index (χ0n) is 16.8. The first-order valence-electron chi connectivity index (χ1n) is 9.57. The molecular formula is C23H26N4O. The molecule has 0 saturated carbocycles. The summed E-state index contributed by atoms with van der Waals surface area (Å²) in [5, 5.41) is 3.32. The van der Waals surface area contributed by atoms with Crippen LogP contribution in [0.3, 0.4) is 0 Å². The van der Waals surface area contributed by atoms with E-state index in [0.717, 1.165) is 16.9 Å². The van der Waals surface area contributed by atoms with Gasteiger partial charge in [0.1, 0.15) is 5.69 Å². The molecule has 0 unspecified atom stereocenters. The predicted octanol–water partition coefficient (Wildman–Crippen LogP) is 5.32. The summed E-state index contributed by atoms with van der Waals surface area (Å²) in [5.74, 6) is 0.639. The highest BCUT2D eigenvalue weighted by atomic mass is 16.2. The largest absolute Gasteiger partial charge is 0.324 e. The van der Waals surface area contributed by atoms with Gasteiger partial charge < -0.3 is 10.2 Å². The molecule has 1 aromatic heterocycles. The molecule has 0 aliphatic heterocycles. The maximum Gasteiger partial charge on any atom is 0.277 e. The Kier molecular flexibility index (Phi) is 6.04. The summed E-state index contributed by atoms with van der Waals surface area (Å²) in [6.45, 7) is 8.87. The van der Waals surface area contributed by atoms with Gasteiger partial charge in [-0.1, -0.05) is 50.2 Å². The van der Waals surface area contributed by atoms with E-state index in [9.17, 15) is 4.79 Å². The molecule has 144 valence electrons. The first kappa shape index (κ1) is 19.5. The van der Waals surface area contributed by atoms with Crippen molar-refractivity contribution < 1.29 is 4.79 Å². The molecule has 2 aromatic carbocycles. The fourth-order valence-electron chi connectivity index (χ4n) is 3.18. The van der Waals surface area contributed by atoms with Gasteiger partial charge in [0.25, 0.3) is 5.91 Å². The van der Waals surface area contributed by atoms with Gasteiger partial charge in [-0.15, -0.1) is 0 Å². The van der Waals surface area contributed by atoms with Crippen molar-refractivity contribution in [1.29, 1.82) is 0 Å². The van der Waals surface area contributed by atoms with Gasteiger partial charge in [0, 0.05) is 24.1 Å². The maximum absolute atomic E-state index is 13.0. The highest BCUT2D eigenvalue weighted by Crippen LogP contribution is 2.29. The van der Waals surface area contributed by atoms with Crippen molar-refractivity contribution in [3.63, 3.8) is 0 Å². The summed E-state index contributed by atoms with van der Waals surface area (Å²) in [4.78, 5) is 23.6. The first-order chi connectivity index (χ1) is 13.5. The fraction of sp³-hybridized carbons (Fsp3) is 0.261. The molecule has 1 N–H and O–H groups in total. The normalized spacial score (nSPS) is 10.8. The summed E-state index contributed by atoms with van der Waals surface area (Å²) in [6.07, 6.45) is 1.62. The number of hydrogen-bond donors (Lipinski definition) is 1. The molecule has 3 aromatic rings. The summed E-state index contributed by atoms with van der Waals surface area (Å²) < 4.78 is 0. The molecule has 0 aliphatic rings. The summed E-state index contributed by atoms with van der Waals surface area (Å²) in [7, 11) is 0. The van der Waals surface area contributed by atoms with Crippen LogP contribution in [0.1, 0.15) is 48.3 Å². The molecule has 0 radical (unpaired) electrons. The average molecular weight is 374 g/mol. The number of hydrogen-bond acceptors (Lipinski definition) is 4. The van der Waals surface area contributed by atoms with Crippen LogP contribution >= 0.6 is 0 Å². The second-order valence-corrected chi connectivity index (χ2v) is 6.97. The smallest absolute Gasteiger partial charge is 0.277 e. The van der Waals surface area contributed by atoms with E-state index >= 15 is 0 Å². The lowest BCUT2D eigenvalue weighted by molar-refractivity contribution is 0.0983. The minimum atomic E-state index is -0.145. The van der Waals surface area contributed by atoms with Gasteiger partial charge >= 0.3 is 0 Å². The van der Waals surface area contributed by atoms with Crippen LogP contribution < -0.4 is 10.2 Å². The number of nitrogens with one attached hydrogen (secondary N) is 1. The zero-order chi connectivity index (χ0) is 20.1. The van der Waals surface area contributed by atoms with Crippen molar-refractivity contribution >= 4 is 23.2 Å². The Morgan fingerprint density at radius 1 is 1.07 bits per heavy atom. The number of rotatable bonds is 6. The number of aromatic nitrogens is 2. The van der Waals surface area contributed by atoms with Crippen LogP contribution in [0.15, 0.2) is 60.8 Å². The van der Waals surface area contributed by atoms with Crippen molar-refractivity contribution in [3.05, 3.63) is 77.6 Å². The highest BCUT2D eigenvalue weighted by Gasteiger charge is 2.18. The van der Waals surface area contributed by atoms with Crippen molar-refractivity contribution in [2.24, 2.45) is 0 Å². The van der Waals surface area contributed by atoms with Crippen molar-refractivity contribution in [2.75, 3.05) is 16.8 Å². The molecule has 1 heterocycles. The maximum atomic E-state index is 13.0. The van der Waals surface area contributed by atoms with E-state index in [1.807, 2.05) is 37.3 Å². The number of carbonyl (C=O) groups is 1. The van der Waals surface area contributed by atoms with Crippen LogP contribution in [0.25, 0.3) is 0 Å². The van der Waals surface area contributed by atoms with Crippen molar-refractivity contribution in [1.82, 2.24) is 9.97 Å².